The van der Waals surface area contributed by atoms with Crippen molar-refractivity contribution in [1.82, 2.24) is 5.32 Å². The van der Waals surface area contributed by atoms with Crippen molar-refractivity contribution in [3.8, 4) is 11.8 Å². The van der Waals surface area contributed by atoms with Gasteiger partial charge in [0.1, 0.15) is 12.3 Å². The summed E-state index contributed by atoms with van der Waals surface area (Å²) in [4.78, 5) is 11.9. The molecule has 1 rings (SSSR count). The van der Waals surface area contributed by atoms with Crippen LogP contribution in [-0.2, 0) is 0 Å². The summed E-state index contributed by atoms with van der Waals surface area (Å²) in [7, 11) is 1.49. The third-order valence-corrected chi connectivity index (χ3v) is 3.00. The minimum atomic E-state index is -0.359. The Kier molecular flexibility index (Phi) is 4.36. The molecule has 0 saturated heterocycles. The van der Waals surface area contributed by atoms with Gasteiger partial charge in [-0.25, -0.2) is 0 Å². The van der Waals surface area contributed by atoms with Crippen molar-refractivity contribution in [1.29, 1.82) is 5.26 Å². The van der Waals surface area contributed by atoms with E-state index in [1.54, 1.807) is 13.0 Å². The Bertz CT molecular complexity index is 492. The van der Waals surface area contributed by atoms with Crippen LogP contribution in [0.5, 0.6) is 5.75 Å². The molecule has 1 aromatic rings. The van der Waals surface area contributed by atoms with Crippen LogP contribution in [0.1, 0.15) is 21.5 Å². The van der Waals surface area contributed by atoms with Crippen molar-refractivity contribution in [2.45, 2.75) is 13.8 Å². The maximum Gasteiger partial charge on any atom is 0.256 e. The highest BCUT2D eigenvalue weighted by Gasteiger charge is 2.18. The zero-order valence-electron chi connectivity index (χ0n) is 9.93. The van der Waals surface area contributed by atoms with E-state index < -0.39 is 0 Å². The van der Waals surface area contributed by atoms with Gasteiger partial charge in [-0.05, 0) is 31.0 Å². The van der Waals surface area contributed by atoms with Gasteiger partial charge < -0.3 is 10.1 Å². The Labute approximate surface area is 105 Å². The van der Waals surface area contributed by atoms with Crippen molar-refractivity contribution in [3.63, 3.8) is 0 Å². The molecule has 1 N–H and O–H groups in total. The average Bonchev–Trinajstić information content (AvgIpc) is 2.32. The van der Waals surface area contributed by atoms with Crippen LogP contribution in [0.25, 0.3) is 0 Å². The lowest BCUT2D eigenvalue weighted by atomic mass is 10.0. The van der Waals surface area contributed by atoms with E-state index in [-0.39, 0.29) is 12.5 Å². The lowest BCUT2D eigenvalue weighted by Gasteiger charge is -2.14. The molecular formula is C12H13ClN2O2. The molecule has 17 heavy (non-hydrogen) atoms. The number of rotatable bonds is 3. The molecule has 0 unspecified atom stereocenters. The van der Waals surface area contributed by atoms with Crippen LogP contribution in [0.3, 0.4) is 0 Å². The van der Waals surface area contributed by atoms with Gasteiger partial charge in [-0.1, -0.05) is 11.6 Å². The number of carbonyl (C=O) groups excluding carboxylic acids is 1. The van der Waals surface area contributed by atoms with Crippen LogP contribution in [0.2, 0.25) is 5.02 Å². The van der Waals surface area contributed by atoms with E-state index in [1.165, 1.54) is 7.11 Å². The highest BCUT2D eigenvalue weighted by Crippen LogP contribution is 2.31. The smallest absolute Gasteiger partial charge is 0.256 e. The molecular weight excluding hydrogens is 240 g/mol. The molecule has 0 aromatic heterocycles. The summed E-state index contributed by atoms with van der Waals surface area (Å²) in [5.41, 5.74) is 1.87. The number of nitrogens with one attached hydrogen (secondary N) is 1. The summed E-state index contributed by atoms with van der Waals surface area (Å²) in [6.45, 7) is 3.54. The number of methoxy groups -OCH3 is 1. The number of amides is 1. The first-order chi connectivity index (χ1) is 8.02. The van der Waals surface area contributed by atoms with Gasteiger partial charge in [0.25, 0.3) is 5.91 Å². The molecule has 0 spiro atoms. The van der Waals surface area contributed by atoms with Crippen molar-refractivity contribution in [3.05, 3.63) is 27.8 Å². The van der Waals surface area contributed by atoms with Gasteiger partial charge in [-0.3, -0.25) is 4.79 Å². The first-order valence-corrected chi connectivity index (χ1v) is 5.39. The Morgan fingerprint density at radius 1 is 1.59 bits per heavy atom. The summed E-state index contributed by atoms with van der Waals surface area (Å²) in [6.07, 6.45) is 0. The third kappa shape index (κ3) is 2.69. The minimum absolute atomic E-state index is 0.0487. The topological polar surface area (TPSA) is 62.1 Å². The Morgan fingerprint density at radius 3 is 2.76 bits per heavy atom. The lowest BCUT2D eigenvalue weighted by Crippen LogP contribution is -2.25. The first kappa shape index (κ1) is 13.3. The fourth-order valence-corrected chi connectivity index (χ4v) is 1.72. The number of nitrogens with zero attached hydrogens (tertiary/aromatic N) is 1. The number of ether oxygens (including phenoxy) is 1. The van der Waals surface area contributed by atoms with Crippen molar-refractivity contribution >= 4 is 17.5 Å². The van der Waals surface area contributed by atoms with Crippen LogP contribution in [0, 0.1) is 25.2 Å². The zero-order chi connectivity index (χ0) is 13.0. The summed E-state index contributed by atoms with van der Waals surface area (Å²) in [5.74, 6) is 0.0997. The van der Waals surface area contributed by atoms with Crippen LogP contribution in [-0.4, -0.2) is 19.6 Å². The van der Waals surface area contributed by atoms with Crippen LogP contribution in [0.4, 0.5) is 0 Å². The quantitative estimate of drug-likeness (QED) is 0.839. The predicted molar refractivity (Wildman–Crippen MR) is 65.4 cm³/mol. The van der Waals surface area contributed by atoms with Crippen molar-refractivity contribution in [2.24, 2.45) is 0 Å². The normalized spacial score (nSPS) is 9.59. The minimum Gasteiger partial charge on any atom is -0.496 e. The van der Waals surface area contributed by atoms with Gasteiger partial charge in [-0.2, -0.15) is 5.26 Å². The monoisotopic (exact) mass is 252 g/mol. The molecule has 0 aliphatic heterocycles. The van der Waals surface area contributed by atoms with Gasteiger partial charge in [0, 0.05) is 5.02 Å². The van der Waals surface area contributed by atoms with E-state index in [1.807, 2.05) is 13.0 Å². The molecule has 90 valence electrons. The number of carbonyl (C=O) groups is 1. The number of nitriles is 1. The summed E-state index contributed by atoms with van der Waals surface area (Å²) in [5, 5.41) is 11.4. The second-order valence-corrected chi connectivity index (χ2v) is 3.93. The largest absolute Gasteiger partial charge is 0.496 e. The molecule has 0 radical (unpaired) electrons. The molecule has 1 amide bonds. The molecule has 0 aliphatic carbocycles. The number of benzene rings is 1. The fraction of sp³-hybridized carbons (Fsp3) is 0.333. The van der Waals surface area contributed by atoms with Gasteiger partial charge in [0.2, 0.25) is 0 Å². The van der Waals surface area contributed by atoms with E-state index in [4.69, 9.17) is 21.6 Å². The molecule has 0 saturated carbocycles. The van der Waals surface area contributed by atoms with Crippen molar-refractivity contribution in [2.75, 3.05) is 13.7 Å². The average molecular weight is 253 g/mol. The molecule has 0 bridgehead atoms. The molecule has 4 nitrogen and oxygen atoms in total. The SMILES string of the molecule is COc1cc(C)c(Cl)c(C)c1C(=O)NCC#N. The number of hydrogen-bond acceptors (Lipinski definition) is 3. The highest BCUT2D eigenvalue weighted by atomic mass is 35.5. The maximum absolute atomic E-state index is 11.9. The van der Waals surface area contributed by atoms with Gasteiger partial charge in [-0.15, -0.1) is 0 Å². The zero-order valence-corrected chi connectivity index (χ0v) is 10.7. The lowest BCUT2D eigenvalue weighted by molar-refractivity contribution is 0.0955. The second-order valence-electron chi connectivity index (χ2n) is 3.55. The van der Waals surface area contributed by atoms with Gasteiger partial charge >= 0.3 is 0 Å². The Hall–Kier alpha value is -1.73. The first-order valence-electron chi connectivity index (χ1n) is 5.01. The van der Waals surface area contributed by atoms with Crippen LogP contribution < -0.4 is 10.1 Å². The number of aryl methyl sites for hydroxylation is 1. The standard InChI is InChI=1S/C12H13ClN2O2/c1-7-6-9(17-3)10(8(2)11(7)13)12(16)15-5-4-14/h6H,5H2,1-3H3,(H,15,16). The number of hydrogen-bond donors (Lipinski definition) is 1. The molecule has 5 heteroatoms. The van der Waals surface area contributed by atoms with Gasteiger partial charge in [0.05, 0.1) is 18.7 Å². The van der Waals surface area contributed by atoms with E-state index in [2.05, 4.69) is 5.32 Å². The fourth-order valence-electron chi connectivity index (χ4n) is 1.57. The summed E-state index contributed by atoms with van der Waals surface area (Å²) in [6, 6.07) is 3.55. The van der Waals surface area contributed by atoms with E-state index in [9.17, 15) is 4.79 Å². The highest BCUT2D eigenvalue weighted by molar-refractivity contribution is 6.32. The molecule has 0 aliphatic rings. The van der Waals surface area contributed by atoms with E-state index in [0.29, 0.717) is 21.9 Å². The second kappa shape index (κ2) is 5.55. The molecule has 0 atom stereocenters. The summed E-state index contributed by atoms with van der Waals surface area (Å²) < 4.78 is 5.16. The summed E-state index contributed by atoms with van der Waals surface area (Å²) >= 11 is 6.09. The molecule has 0 fully saturated rings. The van der Waals surface area contributed by atoms with Gasteiger partial charge in [0.15, 0.2) is 0 Å². The van der Waals surface area contributed by atoms with E-state index in [0.717, 1.165) is 5.56 Å². The number of halogens is 1. The molecule has 1 aromatic carbocycles. The predicted octanol–water partition coefficient (Wildman–Crippen LogP) is 2.22. The van der Waals surface area contributed by atoms with Crippen molar-refractivity contribution < 1.29 is 9.53 Å². The van der Waals surface area contributed by atoms with Crippen LogP contribution in [0.15, 0.2) is 6.07 Å². The molecule has 0 heterocycles. The Balaban J connectivity index is 3.27. The maximum atomic E-state index is 11.9. The van der Waals surface area contributed by atoms with Crippen LogP contribution >= 0.6 is 11.6 Å². The van der Waals surface area contributed by atoms with E-state index >= 15 is 0 Å². The third-order valence-electron chi connectivity index (χ3n) is 2.42. The Morgan fingerprint density at radius 2 is 2.24 bits per heavy atom.